The van der Waals surface area contributed by atoms with Gasteiger partial charge >= 0.3 is 0 Å². The zero-order valence-electron chi connectivity index (χ0n) is 14.0. The molecule has 4 nitrogen and oxygen atoms in total. The Labute approximate surface area is 156 Å². The Hall–Kier alpha value is -1.18. The van der Waals surface area contributed by atoms with Crippen LogP contribution >= 0.6 is 35.7 Å². The summed E-state index contributed by atoms with van der Waals surface area (Å²) in [5.74, 6) is 0.865. The number of fused-ring (bicyclic) bond motifs is 1. The molecule has 0 N–H and O–H groups in total. The number of benzene rings is 1. The number of rotatable bonds is 5. The number of ether oxygens (including phenoxy) is 1. The summed E-state index contributed by atoms with van der Waals surface area (Å²) in [6.45, 7) is 5.70. The lowest BCUT2D eigenvalue weighted by Gasteiger charge is -2.19. The summed E-state index contributed by atoms with van der Waals surface area (Å²) in [5.41, 5.74) is 1.09. The number of hydrogen-bond acceptors (Lipinski definition) is 6. The van der Waals surface area contributed by atoms with Crippen molar-refractivity contribution in [3.8, 4) is 5.75 Å². The van der Waals surface area contributed by atoms with Crippen molar-refractivity contribution in [2.45, 2.75) is 31.6 Å². The number of thioether (sulfide) groups is 2. The maximum Gasteiger partial charge on any atom is 0.268 e. The van der Waals surface area contributed by atoms with Gasteiger partial charge in [-0.25, -0.2) is 0 Å². The highest BCUT2D eigenvalue weighted by atomic mass is 32.2. The van der Waals surface area contributed by atoms with Crippen molar-refractivity contribution in [2.24, 2.45) is 0 Å². The van der Waals surface area contributed by atoms with Crippen LogP contribution in [0.3, 0.4) is 0 Å². The molecule has 24 heavy (non-hydrogen) atoms. The highest BCUT2D eigenvalue weighted by molar-refractivity contribution is 8.27. The summed E-state index contributed by atoms with van der Waals surface area (Å²) in [6.07, 6.45) is 2.02. The summed E-state index contributed by atoms with van der Waals surface area (Å²) < 4.78 is 6.01. The number of carbonyl (C=O) groups excluding carboxylic acids is 1. The van der Waals surface area contributed by atoms with Crippen molar-refractivity contribution in [1.82, 2.24) is 4.90 Å². The molecule has 0 spiro atoms. The Morgan fingerprint density at radius 1 is 1.21 bits per heavy atom. The van der Waals surface area contributed by atoms with Crippen molar-refractivity contribution >= 4 is 51.7 Å². The summed E-state index contributed by atoms with van der Waals surface area (Å²) >= 11 is 8.49. The molecular formula is C17H20N2O2S3. The standard InChI is InChI=1S/C17H20N2O2S3/c1-4-6-9-19-15(20)14(24-17(19)22)16-18(5-2)12-10-11(21-3)7-8-13(12)23-16/h7-8,10H,4-6,9H2,1-3H3/b16-14-. The Balaban J connectivity index is 1.96. The minimum Gasteiger partial charge on any atom is -0.497 e. The maximum atomic E-state index is 12.8. The van der Waals surface area contributed by atoms with Crippen LogP contribution in [-0.2, 0) is 4.79 Å². The molecule has 0 aliphatic carbocycles. The average Bonchev–Trinajstić information content (AvgIpc) is 3.09. The molecule has 1 saturated heterocycles. The van der Waals surface area contributed by atoms with E-state index in [4.69, 9.17) is 17.0 Å². The second-order valence-electron chi connectivity index (χ2n) is 5.49. The lowest BCUT2D eigenvalue weighted by atomic mass is 10.2. The number of nitrogens with zero attached hydrogens (tertiary/aromatic N) is 2. The predicted molar refractivity (Wildman–Crippen MR) is 106 cm³/mol. The van der Waals surface area contributed by atoms with Crippen LogP contribution in [-0.4, -0.2) is 35.3 Å². The molecular weight excluding hydrogens is 360 g/mol. The topological polar surface area (TPSA) is 32.8 Å². The van der Waals surface area contributed by atoms with E-state index < -0.39 is 0 Å². The third kappa shape index (κ3) is 3.05. The van der Waals surface area contributed by atoms with Crippen LogP contribution in [0.15, 0.2) is 33.0 Å². The minimum atomic E-state index is 0.0409. The van der Waals surface area contributed by atoms with Crippen LogP contribution in [0.5, 0.6) is 5.75 Å². The molecule has 0 atom stereocenters. The number of anilines is 1. The van der Waals surface area contributed by atoms with Crippen molar-refractivity contribution < 1.29 is 9.53 Å². The zero-order valence-corrected chi connectivity index (χ0v) is 16.4. The predicted octanol–water partition coefficient (Wildman–Crippen LogP) is 4.46. The van der Waals surface area contributed by atoms with E-state index in [2.05, 4.69) is 18.7 Å². The third-order valence-corrected chi connectivity index (χ3v) is 6.75. The molecule has 0 radical (unpaired) electrons. The molecule has 1 aromatic rings. The molecule has 1 aromatic carbocycles. The Morgan fingerprint density at radius 3 is 2.67 bits per heavy atom. The number of methoxy groups -OCH3 is 1. The van der Waals surface area contributed by atoms with Crippen molar-refractivity contribution in [1.29, 1.82) is 0 Å². The van der Waals surface area contributed by atoms with E-state index >= 15 is 0 Å². The number of unbranched alkanes of at least 4 members (excludes halogenated alkanes) is 1. The molecule has 0 bridgehead atoms. The molecule has 2 heterocycles. The van der Waals surface area contributed by atoms with Gasteiger partial charge in [0.05, 0.1) is 12.8 Å². The van der Waals surface area contributed by atoms with E-state index in [9.17, 15) is 4.79 Å². The van der Waals surface area contributed by atoms with Gasteiger partial charge in [-0.15, -0.1) is 0 Å². The van der Waals surface area contributed by atoms with E-state index in [1.54, 1.807) is 23.8 Å². The lowest BCUT2D eigenvalue weighted by molar-refractivity contribution is -0.122. The number of thiocarbonyl (C=S) groups is 1. The zero-order chi connectivity index (χ0) is 17.3. The van der Waals surface area contributed by atoms with Gasteiger partial charge in [-0.2, -0.15) is 0 Å². The molecule has 3 rings (SSSR count). The molecule has 128 valence electrons. The molecule has 7 heteroatoms. The fraction of sp³-hybridized carbons (Fsp3) is 0.412. The number of carbonyl (C=O) groups is 1. The summed E-state index contributed by atoms with van der Waals surface area (Å²) in [6, 6.07) is 6.03. The molecule has 1 amide bonds. The quantitative estimate of drug-likeness (QED) is 0.554. The van der Waals surface area contributed by atoms with Gasteiger partial charge in [0.1, 0.15) is 20.0 Å². The Morgan fingerprint density at radius 2 is 2.00 bits per heavy atom. The minimum absolute atomic E-state index is 0.0409. The Bertz CT molecular complexity index is 718. The van der Waals surface area contributed by atoms with Gasteiger partial charge in [0.2, 0.25) is 0 Å². The normalized spacial score (nSPS) is 20.1. The van der Waals surface area contributed by atoms with Gasteiger partial charge in [0.25, 0.3) is 5.91 Å². The molecule has 0 aromatic heterocycles. The third-order valence-electron chi connectivity index (χ3n) is 4.00. The van der Waals surface area contributed by atoms with Crippen molar-refractivity contribution in [2.75, 3.05) is 25.1 Å². The van der Waals surface area contributed by atoms with E-state index in [1.165, 1.54) is 11.8 Å². The van der Waals surface area contributed by atoms with Gasteiger partial charge in [-0.3, -0.25) is 9.69 Å². The van der Waals surface area contributed by atoms with Gasteiger partial charge < -0.3 is 9.64 Å². The highest BCUT2D eigenvalue weighted by Gasteiger charge is 2.38. The summed E-state index contributed by atoms with van der Waals surface area (Å²) in [7, 11) is 1.67. The maximum absolute atomic E-state index is 12.8. The molecule has 2 aliphatic heterocycles. The fourth-order valence-electron chi connectivity index (χ4n) is 2.71. The summed E-state index contributed by atoms with van der Waals surface area (Å²) in [5, 5.41) is 0.983. The SMILES string of the molecule is CCCCN1C(=O)/C(=C2/Sc3ccc(OC)cc3N2CC)SC1=S. The largest absolute Gasteiger partial charge is 0.497 e. The first-order valence-corrected chi connectivity index (χ1v) is 10.1. The van der Waals surface area contributed by atoms with E-state index in [-0.39, 0.29) is 5.91 Å². The van der Waals surface area contributed by atoms with Crippen LogP contribution in [0, 0.1) is 0 Å². The van der Waals surface area contributed by atoms with E-state index in [0.29, 0.717) is 10.9 Å². The molecule has 1 fully saturated rings. The monoisotopic (exact) mass is 380 g/mol. The van der Waals surface area contributed by atoms with Gasteiger partial charge in [-0.05, 0) is 25.5 Å². The highest BCUT2D eigenvalue weighted by Crippen LogP contribution is 2.51. The summed E-state index contributed by atoms with van der Waals surface area (Å²) in [4.78, 5) is 18.6. The lowest BCUT2D eigenvalue weighted by Crippen LogP contribution is -2.29. The first-order chi connectivity index (χ1) is 11.6. The first kappa shape index (κ1) is 17.6. The molecule has 0 unspecified atom stereocenters. The fourth-order valence-corrected chi connectivity index (χ4v) is 5.37. The van der Waals surface area contributed by atoms with Crippen LogP contribution in [0.25, 0.3) is 0 Å². The van der Waals surface area contributed by atoms with Crippen molar-refractivity contribution in [3.05, 3.63) is 28.1 Å². The van der Waals surface area contributed by atoms with Gasteiger partial charge in [-0.1, -0.05) is 49.1 Å². The molecule has 0 saturated carbocycles. The van der Waals surface area contributed by atoms with Gasteiger partial charge in [0.15, 0.2) is 0 Å². The van der Waals surface area contributed by atoms with E-state index in [1.807, 2.05) is 18.2 Å². The Kier molecular flexibility index (Phi) is 5.42. The van der Waals surface area contributed by atoms with Crippen LogP contribution in [0.1, 0.15) is 26.7 Å². The van der Waals surface area contributed by atoms with Gasteiger partial charge in [0, 0.05) is 24.1 Å². The average molecular weight is 381 g/mol. The van der Waals surface area contributed by atoms with Crippen molar-refractivity contribution in [3.63, 3.8) is 0 Å². The molecule has 2 aliphatic rings. The number of hydrogen-bond donors (Lipinski definition) is 0. The first-order valence-electron chi connectivity index (χ1n) is 8.02. The van der Waals surface area contributed by atoms with Crippen LogP contribution < -0.4 is 9.64 Å². The van der Waals surface area contributed by atoms with E-state index in [0.717, 1.165) is 45.7 Å². The number of amides is 1. The smallest absolute Gasteiger partial charge is 0.268 e. The van der Waals surface area contributed by atoms with Crippen LogP contribution in [0.4, 0.5) is 5.69 Å². The van der Waals surface area contributed by atoms with Crippen LogP contribution in [0.2, 0.25) is 0 Å². The second-order valence-corrected chi connectivity index (χ2v) is 8.17. The second kappa shape index (κ2) is 7.37.